The number of hydrogen-bond donors (Lipinski definition) is 2. The summed E-state index contributed by atoms with van der Waals surface area (Å²) < 4.78 is 26.3. The first kappa shape index (κ1) is 15.6. The molecule has 2 N–H and O–H groups in total. The molecule has 2 aromatic rings. The number of aliphatic hydroxyl groups excluding tert-OH is 1. The fraction of sp³-hybridized carbons (Fsp3) is 0.167. The van der Waals surface area contributed by atoms with E-state index in [1.165, 1.54) is 29.5 Å². The van der Waals surface area contributed by atoms with Gasteiger partial charge < -0.3 is 5.11 Å². The quantitative estimate of drug-likeness (QED) is 0.619. The summed E-state index contributed by atoms with van der Waals surface area (Å²) in [6.45, 7) is -0.207. The molecule has 0 fully saturated rings. The van der Waals surface area contributed by atoms with Crippen LogP contribution in [0.15, 0.2) is 46.0 Å². The van der Waals surface area contributed by atoms with Crippen LogP contribution in [0.4, 0.5) is 5.69 Å². The summed E-state index contributed by atoms with van der Waals surface area (Å²) in [5, 5.41) is 24.0. The molecular formula is C12H12N2O5S2. The molecule has 9 heteroatoms. The van der Waals surface area contributed by atoms with E-state index in [2.05, 4.69) is 4.72 Å². The normalized spacial score (nSPS) is 13.0. The number of nitrogens with one attached hydrogen (secondary N) is 1. The van der Waals surface area contributed by atoms with Crippen LogP contribution in [0.5, 0.6) is 0 Å². The molecule has 1 heterocycles. The summed E-state index contributed by atoms with van der Waals surface area (Å²) in [4.78, 5) is 9.77. The van der Waals surface area contributed by atoms with Crippen molar-refractivity contribution in [3.63, 3.8) is 0 Å². The van der Waals surface area contributed by atoms with Gasteiger partial charge in [0.15, 0.2) is 0 Å². The van der Waals surface area contributed by atoms with Gasteiger partial charge in [0, 0.05) is 18.7 Å². The largest absolute Gasteiger partial charge is 0.387 e. The molecule has 0 saturated carbocycles. The Morgan fingerprint density at radius 2 is 2.14 bits per heavy atom. The minimum atomic E-state index is -3.91. The second-order valence-electron chi connectivity index (χ2n) is 4.18. The minimum Gasteiger partial charge on any atom is -0.387 e. The Labute approximate surface area is 125 Å². The molecule has 2 rings (SSSR count). The molecule has 7 nitrogen and oxygen atoms in total. The molecule has 0 aliphatic heterocycles. The van der Waals surface area contributed by atoms with Gasteiger partial charge in [-0.1, -0.05) is 6.07 Å². The van der Waals surface area contributed by atoms with E-state index >= 15 is 0 Å². The predicted octanol–water partition coefficient (Wildman–Crippen LogP) is 1.67. The van der Waals surface area contributed by atoms with E-state index in [1.54, 1.807) is 16.8 Å². The third-order valence-corrected chi connectivity index (χ3v) is 4.86. The number of aliphatic hydroxyl groups is 1. The van der Waals surface area contributed by atoms with Gasteiger partial charge in [0.1, 0.15) is 0 Å². The zero-order valence-electron chi connectivity index (χ0n) is 10.7. The fourth-order valence-electron chi connectivity index (χ4n) is 1.62. The van der Waals surface area contributed by atoms with Crippen molar-refractivity contribution >= 4 is 27.0 Å². The highest BCUT2D eigenvalue weighted by molar-refractivity contribution is 7.89. The summed E-state index contributed by atoms with van der Waals surface area (Å²) in [6.07, 6.45) is -0.968. The van der Waals surface area contributed by atoms with E-state index in [4.69, 9.17) is 0 Å². The smallest absolute Gasteiger partial charge is 0.270 e. The van der Waals surface area contributed by atoms with Gasteiger partial charge >= 0.3 is 0 Å². The van der Waals surface area contributed by atoms with Crippen molar-refractivity contribution in [3.05, 3.63) is 56.8 Å². The number of nitro groups is 1. The molecule has 1 aromatic carbocycles. The van der Waals surface area contributed by atoms with Crippen LogP contribution in [0.3, 0.4) is 0 Å². The van der Waals surface area contributed by atoms with Crippen LogP contribution in [-0.2, 0) is 10.0 Å². The van der Waals surface area contributed by atoms with Gasteiger partial charge in [-0.15, -0.1) is 0 Å². The molecule has 0 aliphatic carbocycles. The number of nitrogens with zero attached hydrogens (tertiary/aromatic N) is 1. The number of non-ortho nitro benzene ring substituents is 1. The highest BCUT2D eigenvalue weighted by Crippen LogP contribution is 2.19. The van der Waals surface area contributed by atoms with Gasteiger partial charge in [-0.05, 0) is 28.5 Å². The van der Waals surface area contributed by atoms with Crippen molar-refractivity contribution < 1.29 is 18.4 Å². The summed E-state index contributed by atoms with van der Waals surface area (Å²) in [6, 6.07) is 6.42. The number of sulfonamides is 1. The number of hydrogen-bond acceptors (Lipinski definition) is 6. The van der Waals surface area contributed by atoms with Gasteiger partial charge in [-0.25, -0.2) is 13.1 Å². The third-order valence-electron chi connectivity index (χ3n) is 2.73. The van der Waals surface area contributed by atoms with Crippen LogP contribution >= 0.6 is 11.3 Å². The van der Waals surface area contributed by atoms with E-state index < -0.39 is 21.1 Å². The van der Waals surface area contributed by atoms with Crippen LogP contribution < -0.4 is 4.72 Å². The molecule has 112 valence electrons. The molecule has 0 spiro atoms. The number of benzene rings is 1. The Kier molecular flexibility index (Phi) is 4.68. The van der Waals surface area contributed by atoms with Crippen LogP contribution in [0, 0.1) is 10.1 Å². The van der Waals surface area contributed by atoms with Crippen molar-refractivity contribution in [3.8, 4) is 0 Å². The Morgan fingerprint density at radius 1 is 1.38 bits per heavy atom. The summed E-state index contributed by atoms with van der Waals surface area (Å²) in [7, 11) is -3.91. The second kappa shape index (κ2) is 6.31. The first-order chi connectivity index (χ1) is 9.90. The average Bonchev–Trinajstić information content (AvgIpc) is 2.99. The zero-order chi connectivity index (χ0) is 15.5. The Bertz CT molecular complexity index is 728. The lowest BCUT2D eigenvalue weighted by molar-refractivity contribution is -0.385. The van der Waals surface area contributed by atoms with Crippen LogP contribution in [0.25, 0.3) is 0 Å². The second-order valence-corrected chi connectivity index (χ2v) is 6.73. The average molecular weight is 328 g/mol. The third kappa shape index (κ3) is 3.85. The molecule has 0 radical (unpaired) electrons. The van der Waals surface area contributed by atoms with Gasteiger partial charge in [-0.3, -0.25) is 10.1 Å². The highest BCUT2D eigenvalue weighted by Gasteiger charge is 2.19. The van der Waals surface area contributed by atoms with Gasteiger partial charge in [0.25, 0.3) is 5.69 Å². The first-order valence-corrected chi connectivity index (χ1v) is 8.27. The molecular weight excluding hydrogens is 316 g/mol. The topological polar surface area (TPSA) is 110 Å². The number of nitro benzene ring substituents is 1. The fourth-order valence-corrected chi connectivity index (χ4v) is 3.40. The maximum absolute atomic E-state index is 12.0. The lowest BCUT2D eigenvalue weighted by Gasteiger charge is -2.11. The Morgan fingerprint density at radius 3 is 2.76 bits per heavy atom. The van der Waals surface area contributed by atoms with E-state index in [0.717, 1.165) is 6.07 Å². The molecule has 1 unspecified atom stereocenters. The van der Waals surface area contributed by atoms with Gasteiger partial charge in [-0.2, -0.15) is 11.3 Å². The van der Waals surface area contributed by atoms with Crippen LogP contribution in [-0.4, -0.2) is 25.0 Å². The van der Waals surface area contributed by atoms with Crippen molar-refractivity contribution in [2.24, 2.45) is 0 Å². The standard InChI is InChI=1S/C12H12N2O5S2/c15-12(9-4-5-20-8-9)7-13-21(18,19)11-3-1-2-10(6-11)14(16)17/h1-6,8,12-13,15H,7H2. The van der Waals surface area contributed by atoms with E-state index in [1.807, 2.05) is 0 Å². The number of rotatable bonds is 6. The maximum atomic E-state index is 12.0. The molecule has 0 amide bonds. The van der Waals surface area contributed by atoms with E-state index in [-0.39, 0.29) is 17.1 Å². The molecule has 1 atom stereocenters. The Hall–Kier alpha value is -1.81. The monoisotopic (exact) mass is 328 g/mol. The first-order valence-electron chi connectivity index (χ1n) is 5.84. The van der Waals surface area contributed by atoms with Crippen molar-refractivity contribution in [2.75, 3.05) is 6.54 Å². The highest BCUT2D eigenvalue weighted by atomic mass is 32.2. The molecule has 0 saturated heterocycles. The van der Waals surface area contributed by atoms with Crippen molar-refractivity contribution in [1.29, 1.82) is 0 Å². The van der Waals surface area contributed by atoms with Gasteiger partial charge in [0.2, 0.25) is 10.0 Å². The van der Waals surface area contributed by atoms with E-state index in [9.17, 15) is 23.6 Å². The SMILES string of the molecule is O=[N+]([O-])c1cccc(S(=O)(=O)NCC(O)c2ccsc2)c1. The van der Waals surface area contributed by atoms with Crippen LogP contribution in [0.2, 0.25) is 0 Å². The maximum Gasteiger partial charge on any atom is 0.270 e. The zero-order valence-corrected chi connectivity index (χ0v) is 12.3. The van der Waals surface area contributed by atoms with Gasteiger partial charge in [0.05, 0.1) is 15.9 Å². The number of thiophene rings is 1. The summed E-state index contributed by atoms with van der Waals surface area (Å²) in [5.41, 5.74) is 0.304. The summed E-state index contributed by atoms with van der Waals surface area (Å²) >= 11 is 1.39. The lowest BCUT2D eigenvalue weighted by atomic mass is 10.2. The molecule has 21 heavy (non-hydrogen) atoms. The predicted molar refractivity (Wildman–Crippen MR) is 77.6 cm³/mol. The lowest BCUT2D eigenvalue weighted by Crippen LogP contribution is -2.28. The van der Waals surface area contributed by atoms with Crippen molar-refractivity contribution in [2.45, 2.75) is 11.0 Å². The molecule has 1 aromatic heterocycles. The van der Waals surface area contributed by atoms with Crippen molar-refractivity contribution in [1.82, 2.24) is 4.72 Å². The van der Waals surface area contributed by atoms with E-state index in [0.29, 0.717) is 5.56 Å². The molecule has 0 aliphatic rings. The minimum absolute atomic E-state index is 0.207. The molecule has 0 bridgehead atoms. The van der Waals surface area contributed by atoms with Crippen LogP contribution in [0.1, 0.15) is 11.7 Å². The summed E-state index contributed by atoms with van der Waals surface area (Å²) in [5.74, 6) is 0. The Balaban J connectivity index is 2.11.